The van der Waals surface area contributed by atoms with Crippen LogP contribution in [0.1, 0.15) is 19.8 Å². The van der Waals surface area contributed by atoms with Gasteiger partial charge in [0.1, 0.15) is 61.0 Å². The van der Waals surface area contributed by atoms with Crippen LogP contribution >= 0.6 is 0 Å². The van der Waals surface area contributed by atoms with E-state index < -0.39 is 105 Å². The number of aliphatic hydroxyl groups excluding tert-OH is 5. The van der Waals surface area contributed by atoms with Crippen LogP contribution in [0.5, 0.6) is 0 Å². The fourth-order valence-electron chi connectivity index (χ4n) is 6.59. The highest BCUT2D eigenvalue weighted by Crippen LogP contribution is 2.38. The molecule has 4 bridgehead atoms. The monoisotopic (exact) mass is 610 g/mol. The van der Waals surface area contributed by atoms with Crippen LogP contribution in [0.25, 0.3) is 0 Å². The molecule has 42 heavy (non-hydrogen) atoms. The van der Waals surface area contributed by atoms with Crippen molar-refractivity contribution in [3.63, 3.8) is 0 Å². The van der Waals surface area contributed by atoms with Crippen LogP contribution in [-0.2, 0) is 52.1 Å². The first-order valence-electron chi connectivity index (χ1n) is 14.4. The predicted octanol–water partition coefficient (Wildman–Crippen LogP) is -3.26. The Bertz CT molecular complexity index is 898. The second-order valence-corrected chi connectivity index (χ2v) is 11.6. The van der Waals surface area contributed by atoms with Crippen molar-refractivity contribution in [2.45, 2.75) is 130 Å². The summed E-state index contributed by atoms with van der Waals surface area (Å²) in [4.78, 5) is 0. The molecule has 0 aromatic heterocycles. The standard InChI is InChI=1S/C26H42O16/c1-9-4-12(16(29)24(36-9)41-19-13-7-34-21(19)17(30)23(33-3)39-13)38-26-18(31)22-20(14(40-26)8-35-22)42-25-15(28)11(32-2)5-10(6-27)37-25/h9-31H,4-8H2,1-3H3. The third-order valence-electron chi connectivity index (χ3n) is 8.84. The Labute approximate surface area is 242 Å². The summed E-state index contributed by atoms with van der Waals surface area (Å²) in [5, 5.41) is 53.1. The van der Waals surface area contributed by atoms with Gasteiger partial charge in [0.15, 0.2) is 25.2 Å². The van der Waals surface area contributed by atoms with E-state index in [9.17, 15) is 25.5 Å². The van der Waals surface area contributed by atoms with Gasteiger partial charge in [0.2, 0.25) is 0 Å². The van der Waals surface area contributed by atoms with Crippen molar-refractivity contribution < 1.29 is 77.6 Å². The van der Waals surface area contributed by atoms with E-state index in [-0.39, 0.29) is 32.3 Å². The molecule has 6 heterocycles. The third kappa shape index (κ3) is 5.87. The molecule has 18 atom stereocenters. The normalized spacial score (nSPS) is 54.3. The Morgan fingerprint density at radius 3 is 1.76 bits per heavy atom. The summed E-state index contributed by atoms with van der Waals surface area (Å²) < 4.78 is 63.4. The second-order valence-electron chi connectivity index (χ2n) is 11.6. The summed E-state index contributed by atoms with van der Waals surface area (Å²) >= 11 is 0. The maximum absolute atomic E-state index is 11.2. The fraction of sp³-hybridized carbons (Fsp3) is 1.00. The molecule has 0 aliphatic carbocycles. The van der Waals surface area contributed by atoms with Crippen molar-refractivity contribution in [3.8, 4) is 0 Å². The Morgan fingerprint density at radius 1 is 0.619 bits per heavy atom. The van der Waals surface area contributed by atoms with Crippen LogP contribution in [0, 0.1) is 0 Å². The summed E-state index contributed by atoms with van der Waals surface area (Å²) in [5.41, 5.74) is 0. The summed E-state index contributed by atoms with van der Waals surface area (Å²) in [6, 6.07) is 0. The molecule has 6 aliphatic rings. The van der Waals surface area contributed by atoms with Crippen molar-refractivity contribution >= 4 is 0 Å². The average molecular weight is 611 g/mol. The molecular formula is C26H42O16. The molecular weight excluding hydrogens is 568 g/mol. The van der Waals surface area contributed by atoms with Gasteiger partial charge < -0.3 is 77.6 Å². The molecule has 0 aromatic rings. The molecule has 242 valence electrons. The zero-order chi connectivity index (χ0) is 29.7. The van der Waals surface area contributed by atoms with E-state index in [0.717, 1.165) is 0 Å². The van der Waals surface area contributed by atoms with Gasteiger partial charge >= 0.3 is 0 Å². The van der Waals surface area contributed by atoms with Crippen LogP contribution in [0.15, 0.2) is 0 Å². The lowest BCUT2D eigenvalue weighted by Crippen LogP contribution is -2.61. The summed E-state index contributed by atoms with van der Waals surface area (Å²) in [6.45, 7) is 1.81. The lowest BCUT2D eigenvalue weighted by Gasteiger charge is -2.45. The number of rotatable bonds is 9. The Kier molecular flexibility index (Phi) is 9.70. The van der Waals surface area contributed by atoms with Crippen molar-refractivity contribution in [2.24, 2.45) is 0 Å². The zero-order valence-electron chi connectivity index (χ0n) is 23.7. The SMILES string of the molecule is COC1CC(CO)OC(OC2C3COC2C(O)C(OC2CC(C)OC(OC4C5COC4C(O)C(OC)O5)C2O)O3)C1O. The van der Waals surface area contributed by atoms with Gasteiger partial charge in [-0.1, -0.05) is 0 Å². The fourth-order valence-corrected chi connectivity index (χ4v) is 6.59. The molecule has 0 aromatic carbocycles. The number of hydrogen-bond donors (Lipinski definition) is 5. The average Bonchev–Trinajstić information content (AvgIpc) is 3.46. The topological polar surface area (TPSA) is 203 Å². The first-order valence-corrected chi connectivity index (χ1v) is 14.4. The Balaban J connectivity index is 1.08. The van der Waals surface area contributed by atoms with Gasteiger partial charge in [-0.3, -0.25) is 0 Å². The van der Waals surface area contributed by atoms with Crippen molar-refractivity contribution in [3.05, 3.63) is 0 Å². The van der Waals surface area contributed by atoms with Gasteiger partial charge in [0, 0.05) is 27.1 Å². The van der Waals surface area contributed by atoms with E-state index in [1.165, 1.54) is 14.2 Å². The quantitative estimate of drug-likeness (QED) is 0.174. The lowest BCUT2D eigenvalue weighted by atomic mass is 9.99. The highest BCUT2D eigenvalue weighted by molar-refractivity contribution is 5.00. The molecule has 6 rings (SSSR count). The minimum Gasteiger partial charge on any atom is -0.394 e. The number of fused-ring (bicyclic) bond motifs is 4. The number of aliphatic hydroxyl groups is 5. The van der Waals surface area contributed by atoms with Gasteiger partial charge in [0.05, 0.1) is 44.2 Å². The molecule has 16 nitrogen and oxygen atoms in total. The number of ether oxygens (including phenoxy) is 11. The minimum absolute atomic E-state index is 0.0971. The van der Waals surface area contributed by atoms with Crippen LogP contribution in [-0.4, -0.2) is 170 Å². The molecule has 0 saturated carbocycles. The number of methoxy groups -OCH3 is 2. The minimum atomic E-state index is -1.30. The van der Waals surface area contributed by atoms with E-state index in [1.807, 2.05) is 0 Å². The van der Waals surface area contributed by atoms with Crippen molar-refractivity contribution in [1.29, 1.82) is 0 Å². The van der Waals surface area contributed by atoms with Crippen LogP contribution in [0.2, 0.25) is 0 Å². The maximum atomic E-state index is 11.2. The van der Waals surface area contributed by atoms with E-state index in [0.29, 0.717) is 6.42 Å². The molecule has 6 aliphatic heterocycles. The first kappa shape index (κ1) is 31.3. The Morgan fingerprint density at radius 2 is 1.17 bits per heavy atom. The largest absolute Gasteiger partial charge is 0.394 e. The summed E-state index contributed by atoms with van der Waals surface area (Å²) in [5.74, 6) is 0. The maximum Gasteiger partial charge on any atom is 0.187 e. The highest BCUT2D eigenvalue weighted by atomic mass is 16.8. The third-order valence-corrected chi connectivity index (χ3v) is 8.84. The molecule has 6 fully saturated rings. The van der Waals surface area contributed by atoms with Crippen molar-refractivity contribution in [2.75, 3.05) is 34.0 Å². The van der Waals surface area contributed by atoms with Gasteiger partial charge in [-0.25, -0.2) is 0 Å². The van der Waals surface area contributed by atoms with E-state index in [2.05, 4.69) is 0 Å². The first-order chi connectivity index (χ1) is 20.2. The van der Waals surface area contributed by atoms with Crippen LogP contribution in [0.4, 0.5) is 0 Å². The van der Waals surface area contributed by atoms with E-state index >= 15 is 0 Å². The highest BCUT2D eigenvalue weighted by Gasteiger charge is 2.57. The lowest BCUT2D eigenvalue weighted by molar-refractivity contribution is -0.354. The number of hydrogen-bond acceptors (Lipinski definition) is 16. The van der Waals surface area contributed by atoms with Gasteiger partial charge in [0.25, 0.3) is 0 Å². The van der Waals surface area contributed by atoms with Gasteiger partial charge in [-0.2, -0.15) is 0 Å². The van der Waals surface area contributed by atoms with Crippen LogP contribution in [0.3, 0.4) is 0 Å². The molecule has 5 N–H and O–H groups in total. The molecule has 0 amide bonds. The molecule has 6 saturated heterocycles. The summed E-state index contributed by atoms with van der Waals surface area (Å²) in [6.07, 6.45) is -15.2. The predicted molar refractivity (Wildman–Crippen MR) is 133 cm³/mol. The van der Waals surface area contributed by atoms with Gasteiger partial charge in [-0.15, -0.1) is 0 Å². The smallest absolute Gasteiger partial charge is 0.187 e. The molecule has 18 unspecified atom stereocenters. The Hall–Kier alpha value is -0.640. The molecule has 16 heteroatoms. The molecule has 0 spiro atoms. The van der Waals surface area contributed by atoms with E-state index in [4.69, 9.17) is 52.1 Å². The van der Waals surface area contributed by atoms with E-state index in [1.54, 1.807) is 6.92 Å². The van der Waals surface area contributed by atoms with Crippen molar-refractivity contribution in [1.82, 2.24) is 0 Å². The van der Waals surface area contributed by atoms with Crippen LogP contribution < -0.4 is 0 Å². The summed E-state index contributed by atoms with van der Waals surface area (Å²) in [7, 11) is 2.88. The second kappa shape index (κ2) is 13.0. The van der Waals surface area contributed by atoms with Gasteiger partial charge in [-0.05, 0) is 6.92 Å². The molecule has 0 radical (unpaired) electrons. The zero-order valence-corrected chi connectivity index (χ0v) is 23.7.